The highest BCUT2D eigenvalue weighted by molar-refractivity contribution is 5.44. The minimum absolute atomic E-state index is 0.625. The molecular weight excluding hydrogens is 140 g/mol. The van der Waals surface area contributed by atoms with Crippen molar-refractivity contribution in [3.05, 3.63) is 30.1 Å². The number of amides is 1. The summed E-state index contributed by atoms with van der Waals surface area (Å²) in [6.07, 6.45) is 2.41. The second kappa shape index (κ2) is 6.74. The van der Waals surface area contributed by atoms with Crippen molar-refractivity contribution in [3.63, 3.8) is 0 Å². The van der Waals surface area contributed by atoms with Crippen molar-refractivity contribution in [1.29, 1.82) is 0 Å². The molecule has 0 spiro atoms. The van der Waals surface area contributed by atoms with Crippen molar-refractivity contribution in [1.82, 2.24) is 10.3 Å². The number of carbonyl (C=O) groups excluding carboxylic acids is 1. The first-order chi connectivity index (χ1) is 5.31. The third-order valence-corrected chi connectivity index (χ3v) is 0.931. The van der Waals surface area contributed by atoms with E-state index in [0.717, 1.165) is 5.69 Å². The molecule has 1 rings (SSSR count). The topological polar surface area (TPSA) is 42.0 Å². The molecule has 0 aliphatic heterocycles. The molecule has 0 radical (unpaired) electrons. The summed E-state index contributed by atoms with van der Waals surface area (Å²) in [7, 11) is 1.56. The van der Waals surface area contributed by atoms with E-state index >= 15 is 0 Å². The lowest BCUT2D eigenvalue weighted by atomic mass is 10.4. The Labute approximate surface area is 66.5 Å². The second-order valence-electron chi connectivity index (χ2n) is 1.88. The minimum Gasteiger partial charge on any atom is -0.362 e. The zero-order valence-corrected chi connectivity index (χ0v) is 6.74. The number of aryl methyl sites for hydroxylation is 1. The zero-order valence-electron chi connectivity index (χ0n) is 6.74. The van der Waals surface area contributed by atoms with Crippen molar-refractivity contribution in [2.24, 2.45) is 0 Å². The number of pyridine rings is 1. The van der Waals surface area contributed by atoms with E-state index in [1.807, 2.05) is 25.1 Å². The van der Waals surface area contributed by atoms with Gasteiger partial charge < -0.3 is 5.32 Å². The predicted molar refractivity (Wildman–Crippen MR) is 44.1 cm³/mol. The molecule has 0 aliphatic carbocycles. The van der Waals surface area contributed by atoms with Crippen LogP contribution in [0.1, 0.15) is 5.69 Å². The number of aromatic nitrogens is 1. The molecule has 11 heavy (non-hydrogen) atoms. The van der Waals surface area contributed by atoms with Crippen molar-refractivity contribution in [3.8, 4) is 0 Å². The van der Waals surface area contributed by atoms with Gasteiger partial charge in [-0.2, -0.15) is 0 Å². The summed E-state index contributed by atoms with van der Waals surface area (Å²) in [5.74, 6) is 0. The number of carbonyl (C=O) groups is 1. The number of rotatable bonds is 1. The largest absolute Gasteiger partial charge is 0.362 e. The Bertz CT molecular complexity index is 187. The van der Waals surface area contributed by atoms with Crippen LogP contribution in [0.25, 0.3) is 0 Å². The lowest BCUT2D eigenvalue weighted by Crippen LogP contribution is -1.98. The van der Waals surface area contributed by atoms with Gasteiger partial charge in [0.25, 0.3) is 0 Å². The Hall–Kier alpha value is -1.38. The van der Waals surface area contributed by atoms with E-state index in [-0.39, 0.29) is 0 Å². The predicted octanol–water partition coefficient (Wildman–Crippen LogP) is 0.752. The average Bonchev–Trinajstić information content (AvgIpc) is 2.07. The van der Waals surface area contributed by atoms with Gasteiger partial charge in [0.05, 0.1) is 0 Å². The van der Waals surface area contributed by atoms with Gasteiger partial charge in [-0.05, 0) is 19.1 Å². The first kappa shape index (κ1) is 9.62. The van der Waals surface area contributed by atoms with Crippen LogP contribution in [0.2, 0.25) is 0 Å². The standard InChI is InChI=1S/C6H7N.C2H5NO/c1-6-4-2-3-5-7-6;1-3-2-4/h2-5H,1H3;2H,1H3,(H,3,4). The summed E-state index contributed by atoms with van der Waals surface area (Å²) >= 11 is 0. The Morgan fingerprint density at radius 2 is 2.18 bits per heavy atom. The third-order valence-electron chi connectivity index (χ3n) is 0.931. The molecule has 0 unspecified atom stereocenters. The Balaban J connectivity index is 0.000000218. The summed E-state index contributed by atoms with van der Waals surface area (Å²) in [5, 5.41) is 2.25. The molecule has 0 atom stereocenters. The Kier molecular flexibility index (Phi) is 5.89. The van der Waals surface area contributed by atoms with Gasteiger partial charge in [-0.15, -0.1) is 0 Å². The molecule has 0 aromatic carbocycles. The normalized spacial score (nSPS) is 7.45. The molecule has 0 bridgehead atoms. The summed E-state index contributed by atoms with van der Waals surface area (Å²) in [6, 6.07) is 5.86. The van der Waals surface area contributed by atoms with Crippen LogP contribution in [0, 0.1) is 6.92 Å². The number of nitrogens with zero attached hydrogens (tertiary/aromatic N) is 1. The lowest BCUT2D eigenvalue weighted by molar-refractivity contribution is -0.109. The van der Waals surface area contributed by atoms with E-state index in [2.05, 4.69) is 10.3 Å². The van der Waals surface area contributed by atoms with Crippen molar-refractivity contribution in [2.75, 3.05) is 7.05 Å². The number of nitrogens with one attached hydrogen (secondary N) is 1. The van der Waals surface area contributed by atoms with Crippen LogP contribution in [0.3, 0.4) is 0 Å². The van der Waals surface area contributed by atoms with Gasteiger partial charge in [0.2, 0.25) is 6.41 Å². The molecule has 1 heterocycles. The molecule has 1 N–H and O–H groups in total. The van der Waals surface area contributed by atoms with Gasteiger partial charge in [-0.25, -0.2) is 0 Å². The lowest BCUT2D eigenvalue weighted by Gasteiger charge is -1.82. The maximum Gasteiger partial charge on any atom is 0.206 e. The van der Waals surface area contributed by atoms with Gasteiger partial charge in [0.1, 0.15) is 0 Å². The molecule has 0 saturated carbocycles. The van der Waals surface area contributed by atoms with Crippen molar-refractivity contribution < 1.29 is 4.79 Å². The quantitative estimate of drug-likeness (QED) is 0.603. The Morgan fingerprint density at radius 3 is 2.36 bits per heavy atom. The highest BCUT2D eigenvalue weighted by Crippen LogP contribution is 1.85. The summed E-state index contributed by atoms with van der Waals surface area (Å²) in [4.78, 5) is 13.0. The molecule has 1 aromatic heterocycles. The van der Waals surface area contributed by atoms with Gasteiger partial charge in [0.15, 0.2) is 0 Å². The van der Waals surface area contributed by atoms with Gasteiger partial charge in [-0.1, -0.05) is 6.07 Å². The van der Waals surface area contributed by atoms with E-state index in [9.17, 15) is 0 Å². The van der Waals surface area contributed by atoms with Crippen LogP contribution >= 0.6 is 0 Å². The second-order valence-corrected chi connectivity index (χ2v) is 1.88. The van der Waals surface area contributed by atoms with E-state index < -0.39 is 0 Å². The molecule has 0 aliphatic rings. The summed E-state index contributed by atoms with van der Waals surface area (Å²) in [6.45, 7) is 1.97. The van der Waals surface area contributed by atoms with Crippen molar-refractivity contribution in [2.45, 2.75) is 6.92 Å². The molecule has 1 amide bonds. The average molecular weight is 152 g/mol. The first-order valence-corrected chi connectivity index (χ1v) is 3.29. The van der Waals surface area contributed by atoms with E-state index in [1.54, 1.807) is 13.2 Å². The zero-order chi connectivity index (χ0) is 8.53. The van der Waals surface area contributed by atoms with Gasteiger partial charge in [0, 0.05) is 18.9 Å². The molecule has 3 nitrogen and oxygen atoms in total. The van der Waals surface area contributed by atoms with Crippen LogP contribution in [-0.4, -0.2) is 18.4 Å². The maximum absolute atomic E-state index is 9.06. The Morgan fingerprint density at radius 1 is 1.55 bits per heavy atom. The van der Waals surface area contributed by atoms with Crippen LogP contribution in [-0.2, 0) is 4.79 Å². The van der Waals surface area contributed by atoms with Crippen LogP contribution in [0.5, 0.6) is 0 Å². The van der Waals surface area contributed by atoms with E-state index in [1.165, 1.54) is 0 Å². The van der Waals surface area contributed by atoms with E-state index in [4.69, 9.17) is 4.79 Å². The summed E-state index contributed by atoms with van der Waals surface area (Å²) < 4.78 is 0. The fraction of sp³-hybridized carbons (Fsp3) is 0.250. The molecule has 1 aromatic rings. The van der Waals surface area contributed by atoms with Crippen LogP contribution < -0.4 is 5.32 Å². The highest BCUT2D eigenvalue weighted by atomic mass is 16.1. The minimum atomic E-state index is 0.625. The van der Waals surface area contributed by atoms with Crippen LogP contribution in [0.15, 0.2) is 24.4 Å². The van der Waals surface area contributed by atoms with Crippen molar-refractivity contribution >= 4 is 6.41 Å². The smallest absolute Gasteiger partial charge is 0.206 e. The SMILES string of the molecule is CNC=O.Cc1ccccn1. The molecular formula is C8H12N2O. The highest BCUT2D eigenvalue weighted by Gasteiger charge is 1.73. The van der Waals surface area contributed by atoms with Gasteiger partial charge in [-0.3, -0.25) is 9.78 Å². The first-order valence-electron chi connectivity index (χ1n) is 3.29. The van der Waals surface area contributed by atoms with Crippen LogP contribution in [0.4, 0.5) is 0 Å². The van der Waals surface area contributed by atoms with Gasteiger partial charge >= 0.3 is 0 Å². The monoisotopic (exact) mass is 152 g/mol. The molecule has 0 fully saturated rings. The number of hydrogen-bond donors (Lipinski definition) is 1. The molecule has 0 saturated heterocycles. The summed E-state index contributed by atoms with van der Waals surface area (Å²) in [5.41, 5.74) is 1.07. The third kappa shape index (κ3) is 6.51. The molecule has 60 valence electrons. The number of hydrogen-bond acceptors (Lipinski definition) is 2. The fourth-order valence-electron chi connectivity index (χ4n) is 0.448. The fourth-order valence-corrected chi connectivity index (χ4v) is 0.448. The maximum atomic E-state index is 9.06. The van der Waals surface area contributed by atoms with E-state index in [0.29, 0.717) is 6.41 Å². The molecule has 3 heteroatoms.